The fraction of sp³-hybridized carbons (Fsp3) is 0.889. The van der Waals surface area contributed by atoms with Crippen LogP contribution in [0, 0.1) is 0 Å². The van der Waals surface area contributed by atoms with Crippen LogP contribution in [0.5, 0.6) is 0 Å². The molecular weight excluding hydrogens is 218 g/mol. The Morgan fingerprint density at radius 2 is 2.27 bits per heavy atom. The van der Waals surface area contributed by atoms with Crippen LogP contribution in [0.25, 0.3) is 0 Å². The molecule has 0 aliphatic carbocycles. The molecule has 0 aromatic rings. The normalized spacial score (nSPS) is 35.1. The third kappa shape index (κ3) is 2.49. The van der Waals surface area contributed by atoms with Crippen LogP contribution in [0.15, 0.2) is 0 Å². The smallest absolute Gasteiger partial charge is 0.246 e. The molecule has 0 saturated carbocycles. The van der Waals surface area contributed by atoms with E-state index in [-0.39, 0.29) is 23.9 Å². The molecule has 2 aliphatic heterocycles. The van der Waals surface area contributed by atoms with Gasteiger partial charge in [-0.2, -0.15) is 0 Å². The van der Waals surface area contributed by atoms with E-state index in [1.807, 2.05) is 0 Å². The first-order valence-corrected chi connectivity index (χ1v) is 6.89. The Labute approximate surface area is 89.1 Å². The first-order chi connectivity index (χ1) is 7.08. The fourth-order valence-electron chi connectivity index (χ4n) is 2.10. The van der Waals surface area contributed by atoms with E-state index in [9.17, 15) is 13.2 Å². The first kappa shape index (κ1) is 10.9. The lowest BCUT2D eigenvalue weighted by Gasteiger charge is -2.25. The zero-order valence-electron chi connectivity index (χ0n) is 8.44. The van der Waals surface area contributed by atoms with E-state index in [1.54, 1.807) is 0 Å². The summed E-state index contributed by atoms with van der Waals surface area (Å²) in [5.41, 5.74) is 0. The lowest BCUT2D eigenvalue weighted by atomic mass is 10.1. The number of rotatable bonds is 2. The molecule has 2 fully saturated rings. The number of carbonyl (C=O) groups is 1. The van der Waals surface area contributed by atoms with Crippen LogP contribution in [-0.4, -0.2) is 44.6 Å². The summed E-state index contributed by atoms with van der Waals surface area (Å²) in [4.78, 5) is 10.8. The predicted octanol–water partition coefficient (Wildman–Crippen LogP) is -0.531. The maximum atomic E-state index is 11.6. The topological polar surface area (TPSA) is 72.5 Å². The Hall–Kier alpha value is -0.620. The van der Waals surface area contributed by atoms with Gasteiger partial charge in [0.1, 0.15) is 6.61 Å². The van der Waals surface area contributed by atoms with Crippen molar-refractivity contribution in [1.82, 2.24) is 5.32 Å². The van der Waals surface area contributed by atoms with Gasteiger partial charge in [0.05, 0.1) is 17.1 Å². The number of nitrogens with one attached hydrogen (secondary N) is 1. The quantitative estimate of drug-likeness (QED) is 0.696. The Morgan fingerprint density at radius 1 is 1.47 bits per heavy atom. The second-order valence-corrected chi connectivity index (χ2v) is 6.50. The molecular formula is C9H15NO4S. The molecule has 0 aromatic heterocycles. The molecule has 1 N–H and O–H groups in total. The van der Waals surface area contributed by atoms with Crippen LogP contribution in [0.3, 0.4) is 0 Å². The first-order valence-electron chi connectivity index (χ1n) is 5.18. The van der Waals surface area contributed by atoms with Crippen molar-refractivity contribution in [2.75, 3.05) is 18.9 Å². The standard InChI is InChI=1S/C9H15NO4S/c11-9-6-14-7(5-10-9)4-8-2-1-3-15(8,12)13/h7-8H,1-6H2,(H,10,11). The molecule has 2 heterocycles. The number of hydrogen-bond donors (Lipinski definition) is 1. The van der Waals surface area contributed by atoms with E-state index in [1.165, 1.54) is 0 Å². The van der Waals surface area contributed by atoms with Crippen LogP contribution >= 0.6 is 0 Å². The van der Waals surface area contributed by atoms with E-state index < -0.39 is 9.84 Å². The van der Waals surface area contributed by atoms with Crippen LogP contribution < -0.4 is 5.32 Å². The summed E-state index contributed by atoms with van der Waals surface area (Å²) in [5, 5.41) is 2.41. The number of amides is 1. The van der Waals surface area contributed by atoms with Gasteiger partial charge in [-0.3, -0.25) is 4.79 Å². The number of morpholine rings is 1. The van der Waals surface area contributed by atoms with Gasteiger partial charge in [-0.1, -0.05) is 0 Å². The van der Waals surface area contributed by atoms with Crippen molar-refractivity contribution in [3.8, 4) is 0 Å². The van der Waals surface area contributed by atoms with Gasteiger partial charge in [-0.15, -0.1) is 0 Å². The molecule has 15 heavy (non-hydrogen) atoms. The minimum absolute atomic E-state index is 0.0530. The second-order valence-electron chi connectivity index (χ2n) is 4.10. The van der Waals surface area contributed by atoms with Gasteiger partial charge in [0.15, 0.2) is 9.84 Å². The molecule has 86 valence electrons. The van der Waals surface area contributed by atoms with Gasteiger partial charge in [-0.25, -0.2) is 8.42 Å². The minimum atomic E-state index is -2.89. The summed E-state index contributed by atoms with van der Waals surface area (Å²) in [6.45, 7) is 0.488. The number of sulfone groups is 1. The molecule has 2 aliphatic rings. The maximum Gasteiger partial charge on any atom is 0.246 e. The molecule has 2 rings (SSSR count). The number of ether oxygens (including phenoxy) is 1. The minimum Gasteiger partial charge on any atom is -0.367 e. The van der Waals surface area contributed by atoms with Gasteiger partial charge < -0.3 is 10.1 Å². The third-order valence-electron chi connectivity index (χ3n) is 2.97. The summed E-state index contributed by atoms with van der Waals surface area (Å²) in [6, 6.07) is 0. The van der Waals surface area contributed by atoms with E-state index >= 15 is 0 Å². The highest BCUT2D eigenvalue weighted by atomic mass is 32.2. The number of hydrogen-bond acceptors (Lipinski definition) is 4. The zero-order valence-corrected chi connectivity index (χ0v) is 9.26. The van der Waals surface area contributed by atoms with Crippen molar-refractivity contribution < 1.29 is 17.9 Å². The Bertz CT molecular complexity index is 341. The van der Waals surface area contributed by atoms with Gasteiger partial charge >= 0.3 is 0 Å². The summed E-state index contributed by atoms with van der Waals surface area (Å²) in [7, 11) is -2.89. The Balaban J connectivity index is 1.89. The highest BCUT2D eigenvalue weighted by Gasteiger charge is 2.34. The van der Waals surface area contributed by atoms with E-state index in [0.717, 1.165) is 12.8 Å². The second kappa shape index (κ2) is 4.09. The van der Waals surface area contributed by atoms with Crippen molar-refractivity contribution in [1.29, 1.82) is 0 Å². The lowest BCUT2D eigenvalue weighted by molar-refractivity contribution is -0.133. The van der Waals surface area contributed by atoms with Crippen LogP contribution in [0.1, 0.15) is 19.3 Å². The van der Waals surface area contributed by atoms with Gasteiger partial charge in [0.25, 0.3) is 0 Å². The average molecular weight is 233 g/mol. The molecule has 2 saturated heterocycles. The molecule has 0 spiro atoms. The fourth-order valence-corrected chi connectivity index (χ4v) is 4.03. The SMILES string of the molecule is O=C1COC(CC2CCCS2(=O)=O)CN1. The Morgan fingerprint density at radius 3 is 2.80 bits per heavy atom. The van der Waals surface area contributed by atoms with Crippen molar-refractivity contribution in [3.05, 3.63) is 0 Å². The van der Waals surface area contributed by atoms with Gasteiger partial charge in [0, 0.05) is 6.54 Å². The van der Waals surface area contributed by atoms with E-state index in [4.69, 9.17) is 4.74 Å². The maximum absolute atomic E-state index is 11.6. The van der Waals surface area contributed by atoms with Crippen LogP contribution in [0.2, 0.25) is 0 Å². The molecule has 1 amide bonds. The molecule has 0 bridgehead atoms. The molecule has 5 nitrogen and oxygen atoms in total. The van der Waals surface area contributed by atoms with Crippen molar-refractivity contribution in [3.63, 3.8) is 0 Å². The number of carbonyl (C=O) groups excluding carboxylic acids is 1. The Kier molecular flexibility index (Phi) is 2.97. The highest BCUT2D eigenvalue weighted by molar-refractivity contribution is 7.92. The third-order valence-corrected chi connectivity index (χ3v) is 5.27. The summed E-state index contributed by atoms with van der Waals surface area (Å²) in [6.07, 6.45) is 1.87. The van der Waals surface area contributed by atoms with Crippen molar-refractivity contribution in [2.24, 2.45) is 0 Å². The molecule has 0 radical (unpaired) electrons. The van der Waals surface area contributed by atoms with Crippen molar-refractivity contribution in [2.45, 2.75) is 30.6 Å². The lowest BCUT2D eigenvalue weighted by Crippen LogP contribution is -2.44. The van der Waals surface area contributed by atoms with E-state index in [2.05, 4.69) is 5.32 Å². The zero-order chi connectivity index (χ0) is 10.9. The van der Waals surface area contributed by atoms with Gasteiger partial charge in [-0.05, 0) is 19.3 Å². The monoisotopic (exact) mass is 233 g/mol. The predicted molar refractivity (Wildman–Crippen MR) is 54.2 cm³/mol. The largest absolute Gasteiger partial charge is 0.367 e. The molecule has 0 aromatic carbocycles. The average Bonchev–Trinajstić information content (AvgIpc) is 2.50. The molecule has 2 atom stereocenters. The van der Waals surface area contributed by atoms with Crippen LogP contribution in [0.4, 0.5) is 0 Å². The highest BCUT2D eigenvalue weighted by Crippen LogP contribution is 2.25. The summed E-state index contributed by atoms with van der Waals surface area (Å²) in [5.74, 6) is 0.178. The van der Waals surface area contributed by atoms with Crippen molar-refractivity contribution >= 4 is 15.7 Å². The van der Waals surface area contributed by atoms with E-state index in [0.29, 0.717) is 18.7 Å². The molecule has 2 unspecified atom stereocenters. The van der Waals surface area contributed by atoms with Crippen LogP contribution in [-0.2, 0) is 19.4 Å². The molecule has 6 heteroatoms. The summed E-state index contributed by atoms with van der Waals surface area (Å²) < 4.78 is 28.4. The van der Waals surface area contributed by atoms with Gasteiger partial charge in [0.2, 0.25) is 5.91 Å². The summed E-state index contributed by atoms with van der Waals surface area (Å²) >= 11 is 0.